The van der Waals surface area contributed by atoms with E-state index in [0.717, 1.165) is 38.4 Å². The first-order valence-corrected chi connectivity index (χ1v) is 9.05. The van der Waals surface area contributed by atoms with Crippen molar-refractivity contribution in [3.8, 4) is 0 Å². The average Bonchev–Trinajstić information content (AvgIpc) is 2.93. The highest BCUT2D eigenvalue weighted by Gasteiger charge is 2.31. The summed E-state index contributed by atoms with van der Waals surface area (Å²) in [5.74, 6) is -0.133. The maximum Gasteiger partial charge on any atom is 0.253 e. The molecule has 1 aromatic carbocycles. The SMILES string of the molecule is Cc1ccc(C(=O)NC2CC(=O)N(CCN3CCOCC3)C2)c(Cl)c1. The number of aryl methyl sites for hydroxylation is 1. The summed E-state index contributed by atoms with van der Waals surface area (Å²) in [6, 6.07) is 5.18. The van der Waals surface area contributed by atoms with Crippen molar-refractivity contribution < 1.29 is 14.3 Å². The molecule has 0 radical (unpaired) electrons. The number of carbonyl (C=O) groups excluding carboxylic acids is 2. The van der Waals surface area contributed by atoms with Crippen LogP contribution in [0, 0.1) is 6.92 Å². The number of amides is 2. The minimum Gasteiger partial charge on any atom is -0.379 e. The number of rotatable bonds is 5. The van der Waals surface area contributed by atoms with Gasteiger partial charge in [-0.3, -0.25) is 14.5 Å². The van der Waals surface area contributed by atoms with Crippen molar-refractivity contribution in [1.82, 2.24) is 15.1 Å². The smallest absolute Gasteiger partial charge is 0.253 e. The summed E-state index contributed by atoms with van der Waals surface area (Å²) in [4.78, 5) is 28.7. The molecule has 0 spiro atoms. The van der Waals surface area contributed by atoms with E-state index in [0.29, 0.717) is 30.1 Å². The lowest BCUT2D eigenvalue weighted by atomic mass is 10.1. The molecule has 2 aliphatic heterocycles. The van der Waals surface area contributed by atoms with Gasteiger partial charge in [-0.15, -0.1) is 0 Å². The topological polar surface area (TPSA) is 61.9 Å². The van der Waals surface area contributed by atoms with E-state index in [4.69, 9.17) is 16.3 Å². The Kier molecular flexibility index (Phi) is 5.93. The van der Waals surface area contributed by atoms with Crippen LogP contribution in [0.4, 0.5) is 0 Å². The monoisotopic (exact) mass is 365 g/mol. The fourth-order valence-electron chi connectivity index (χ4n) is 3.24. The normalized spacial score (nSPS) is 21.6. The van der Waals surface area contributed by atoms with Crippen LogP contribution in [-0.4, -0.2) is 73.6 Å². The largest absolute Gasteiger partial charge is 0.379 e. The van der Waals surface area contributed by atoms with Crippen LogP contribution in [0.25, 0.3) is 0 Å². The van der Waals surface area contributed by atoms with Gasteiger partial charge in [0.2, 0.25) is 5.91 Å². The molecule has 2 fully saturated rings. The highest BCUT2D eigenvalue weighted by molar-refractivity contribution is 6.33. The van der Waals surface area contributed by atoms with Gasteiger partial charge in [0.1, 0.15) is 0 Å². The van der Waals surface area contributed by atoms with Gasteiger partial charge in [-0.2, -0.15) is 0 Å². The molecule has 0 bridgehead atoms. The van der Waals surface area contributed by atoms with Crippen LogP contribution in [0.1, 0.15) is 22.3 Å². The zero-order valence-electron chi connectivity index (χ0n) is 14.5. The maximum atomic E-state index is 12.4. The number of carbonyl (C=O) groups is 2. The molecule has 2 aliphatic rings. The number of hydrogen-bond donors (Lipinski definition) is 1. The molecule has 1 atom stereocenters. The predicted molar refractivity (Wildman–Crippen MR) is 95.9 cm³/mol. The molecule has 3 rings (SSSR count). The molecule has 1 unspecified atom stereocenters. The first-order valence-electron chi connectivity index (χ1n) is 8.68. The van der Waals surface area contributed by atoms with Crippen molar-refractivity contribution in [2.75, 3.05) is 45.9 Å². The van der Waals surface area contributed by atoms with Crippen LogP contribution in [0.15, 0.2) is 18.2 Å². The van der Waals surface area contributed by atoms with Crippen molar-refractivity contribution in [2.24, 2.45) is 0 Å². The van der Waals surface area contributed by atoms with Gasteiger partial charge in [0.05, 0.1) is 29.8 Å². The van der Waals surface area contributed by atoms with E-state index in [9.17, 15) is 9.59 Å². The highest BCUT2D eigenvalue weighted by Crippen LogP contribution is 2.19. The number of morpholine rings is 1. The Morgan fingerprint density at radius 2 is 2.08 bits per heavy atom. The first-order chi connectivity index (χ1) is 12.0. The standard InChI is InChI=1S/C18H24ClN3O3/c1-13-2-3-15(16(19)10-13)18(24)20-14-11-17(23)22(12-14)5-4-21-6-8-25-9-7-21/h2-3,10,14H,4-9,11-12H2,1H3,(H,20,24). The van der Waals surface area contributed by atoms with E-state index in [-0.39, 0.29) is 17.9 Å². The van der Waals surface area contributed by atoms with Crippen LogP contribution in [0.5, 0.6) is 0 Å². The Hall–Kier alpha value is -1.63. The lowest BCUT2D eigenvalue weighted by molar-refractivity contribution is -0.128. The van der Waals surface area contributed by atoms with E-state index in [1.807, 2.05) is 17.9 Å². The van der Waals surface area contributed by atoms with E-state index in [1.54, 1.807) is 12.1 Å². The fraction of sp³-hybridized carbons (Fsp3) is 0.556. The predicted octanol–water partition coefficient (Wildman–Crippen LogP) is 1.31. The van der Waals surface area contributed by atoms with Crippen molar-refractivity contribution in [2.45, 2.75) is 19.4 Å². The van der Waals surface area contributed by atoms with Crippen molar-refractivity contribution >= 4 is 23.4 Å². The number of halogens is 1. The van der Waals surface area contributed by atoms with Crippen molar-refractivity contribution in [1.29, 1.82) is 0 Å². The van der Waals surface area contributed by atoms with Crippen LogP contribution >= 0.6 is 11.6 Å². The molecular weight excluding hydrogens is 342 g/mol. The lowest BCUT2D eigenvalue weighted by Crippen LogP contribution is -2.42. The van der Waals surface area contributed by atoms with Gasteiger partial charge in [0.15, 0.2) is 0 Å². The minimum absolute atomic E-state index is 0.0913. The summed E-state index contributed by atoms with van der Waals surface area (Å²) in [5, 5.41) is 3.37. The molecule has 25 heavy (non-hydrogen) atoms. The van der Waals surface area contributed by atoms with Gasteiger partial charge < -0.3 is 15.0 Å². The highest BCUT2D eigenvalue weighted by atomic mass is 35.5. The van der Waals surface area contributed by atoms with Gasteiger partial charge in [-0.1, -0.05) is 17.7 Å². The molecule has 0 aliphatic carbocycles. The Morgan fingerprint density at radius 1 is 1.32 bits per heavy atom. The van der Waals surface area contributed by atoms with Gasteiger partial charge in [-0.25, -0.2) is 0 Å². The molecule has 0 aromatic heterocycles. The van der Waals surface area contributed by atoms with Gasteiger partial charge in [0.25, 0.3) is 5.91 Å². The van der Waals surface area contributed by atoms with Gasteiger partial charge in [0, 0.05) is 39.1 Å². The molecule has 2 saturated heterocycles. The maximum absolute atomic E-state index is 12.4. The number of likely N-dealkylation sites (tertiary alicyclic amines) is 1. The van der Waals surface area contributed by atoms with Crippen LogP contribution in [0.3, 0.4) is 0 Å². The van der Waals surface area contributed by atoms with E-state index in [1.165, 1.54) is 0 Å². The summed E-state index contributed by atoms with van der Waals surface area (Å²) < 4.78 is 5.33. The molecule has 2 amide bonds. The average molecular weight is 366 g/mol. The lowest BCUT2D eigenvalue weighted by Gasteiger charge is -2.28. The van der Waals surface area contributed by atoms with Crippen LogP contribution in [-0.2, 0) is 9.53 Å². The summed E-state index contributed by atoms with van der Waals surface area (Å²) in [7, 11) is 0. The van der Waals surface area contributed by atoms with E-state index < -0.39 is 0 Å². The number of hydrogen-bond acceptors (Lipinski definition) is 4. The first kappa shape index (κ1) is 18.2. The number of nitrogens with zero attached hydrogens (tertiary/aromatic N) is 2. The van der Waals surface area contributed by atoms with E-state index in [2.05, 4.69) is 10.2 Å². The second-order valence-electron chi connectivity index (χ2n) is 6.65. The van der Waals surface area contributed by atoms with Crippen molar-refractivity contribution in [3.63, 3.8) is 0 Å². The Morgan fingerprint density at radius 3 is 2.80 bits per heavy atom. The summed E-state index contributed by atoms with van der Waals surface area (Å²) in [5.41, 5.74) is 1.46. The number of nitrogens with one attached hydrogen (secondary N) is 1. The fourth-order valence-corrected chi connectivity index (χ4v) is 3.56. The quantitative estimate of drug-likeness (QED) is 0.854. The third-order valence-corrected chi connectivity index (χ3v) is 5.02. The molecule has 6 nitrogen and oxygen atoms in total. The second kappa shape index (κ2) is 8.17. The molecule has 2 heterocycles. The number of ether oxygens (including phenoxy) is 1. The Labute approximate surface area is 153 Å². The molecule has 0 saturated carbocycles. The minimum atomic E-state index is -0.224. The molecule has 1 aromatic rings. The van der Waals surface area contributed by atoms with Gasteiger partial charge in [-0.05, 0) is 24.6 Å². The Bertz CT molecular complexity index is 646. The van der Waals surface area contributed by atoms with Crippen molar-refractivity contribution in [3.05, 3.63) is 34.3 Å². The Balaban J connectivity index is 1.50. The van der Waals surface area contributed by atoms with Crippen LogP contribution < -0.4 is 5.32 Å². The summed E-state index contributed by atoms with van der Waals surface area (Å²) in [6.07, 6.45) is 0.346. The van der Waals surface area contributed by atoms with Crippen LogP contribution in [0.2, 0.25) is 5.02 Å². The summed E-state index contributed by atoms with van der Waals surface area (Å²) >= 11 is 6.15. The molecule has 136 valence electrons. The second-order valence-corrected chi connectivity index (χ2v) is 7.06. The summed E-state index contributed by atoms with van der Waals surface area (Å²) in [6.45, 7) is 7.35. The zero-order chi connectivity index (χ0) is 17.8. The third-order valence-electron chi connectivity index (χ3n) is 4.71. The number of benzene rings is 1. The molecule has 1 N–H and O–H groups in total. The zero-order valence-corrected chi connectivity index (χ0v) is 15.2. The third kappa shape index (κ3) is 4.71. The molecule has 7 heteroatoms. The van der Waals surface area contributed by atoms with E-state index >= 15 is 0 Å². The molecular formula is C18H24ClN3O3. The van der Waals surface area contributed by atoms with Gasteiger partial charge >= 0.3 is 0 Å².